The largest absolute Gasteiger partial charge is 0.371 e. The zero-order chi connectivity index (χ0) is 18.0. The number of likely N-dealkylation sites (tertiary alicyclic amines) is 1. The van der Waals surface area contributed by atoms with Crippen LogP contribution in [0.25, 0.3) is 0 Å². The van der Waals surface area contributed by atoms with Gasteiger partial charge in [0.15, 0.2) is 5.69 Å². The summed E-state index contributed by atoms with van der Waals surface area (Å²) in [4.78, 5) is 32.7. The third-order valence-corrected chi connectivity index (χ3v) is 5.08. The SMILES string of the molecule is O=C(c1ccncc1)N1CCOC2(CCN(C(=O)c3ccon3)CC2)C1. The molecule has 2 amide bonds. The Kier molecular flexibility index (Phi) is 4.42. The van der Waals surface area contributed by atoms with E-state index in [0.29, 0.717) is 56.9 Å². The second-order valence-electron chi connectivity index (χ2n) is 6.67. The van der Waals surface area contributed by atoms with Gasteiger partial charge in [0.05, 0.1) is 18.8 Å². The predicted octanol–water partition coefficient (Wildman–Crippen LogP) is 1.22. The van der Waals surface area contributed by atoms with E-state index in [1.54, 1.807) is 35.5 Å². The number of carbonyl (C=O) groups is 2. The minimum absolute atomic E-state index is 0.00354. The van der Waals surface area contributed by atoms with E-state index in [-0.39, 0.29) is 17.4 Å². The summed E-state index contributed by atoms with van der Waals surface area (Å²) in [6.07, 6.45) is 6.02. The zero-order valence-electron chi connectivity index (χ0n) is 14.3. The highest BCUT2D eigenvalue weighted by molar-refractivity contribution is 5.94. The molecule has 136 valence electrons. The Hall–Kier alpha value is -2.74. The molecule has 2 aliphatic heterocycles. The smallest absolute Gasteiger partial charge is 0.276 e. The van der Waals surface area contributed by atoms with Crippen LogP contribution < -0.4 is 0 Å². The van der Waals surface area contributed by atoms with Gasteiger partial charge in [0.2, 0.25) is 0 Å². The van der Waals surface area contributed by atoms with Gasteiger partial charge in [0, 0.05) is 43.7 Å². The number of pyridine rings is 1. The Morgan fingerprint density at radius 3 is 2.46 bits per heavy atom. The van der Waals surface area contributed by atoms with Gasteiger partial charge in [-0.05, 0) is 25.0 Å². The van der Waals surface area contributed by atoms with Crippen molar-refractivity contribution in [3.05, 3.63) is 48.1 Å². The first kappa shape index (κ1) is 16.7. The molecular formula is C18H20N4O4. The van der Waals surface area contributed by atoms with E-state index in [2.05, 4.69) is 10.1 Å². The topological polar surface area (TPSA) is 88.8 Å². The first-order valence-electron chi connectivity index (χ1n) is 8.70. The number of aromatic nitrogens is 2. The van der Waals surface area contributed by atoms with Gasteiger partial charge in [-0.2, -0.15) is 0 Å². The van der Waals surface area contributed by atoms with Gasteiger partial charge < -0.3 is 19.1 Å². The maximum absolute atomic E-state index is 12.7. The van der Waals surface area contributed by atoms with Gasteiger partial charge in [-0.25, -0.2) is 0 Å². The van der Waals surface area contributed by atoms with Crippen molar-refractivity contribution < 1.29 is 18.8 Å². The quantitative estimate of drug-likeness (QED) is 0.804. The van der Waals surface area contributed by atoms with E-state index in [0.717, 1.165) is 0 Å². The highest BCUT2D eigenvalue weighted by Gasteiger charge is 2.42. The van der Waals surface area contributed by atoms with Crippen LogP contribution in [0.3, 0.4) is 0 Å². The lowest BCUT2D eigenvalue weighted by Crippen LogP contribution is -2.58. The van der Waals surface area contributed by atoms with Crippen molar-refractivity contribution in [1.29, 1.82) is 0 Å². The molecule has 2 aromatic rings. The monoisotopic (exact) mass is 356 g/mol. The fraction of sp³-hybridized carbons (Fsp3) is 0.444. The van der Waals surface area contributed by atoms with Gasteiger partial charge in [0.1, 0.15) is 6.26 Å². The first-order chi connectivity index (χ1) is 12.7. The minimum atomic E-state index is -0.387. The molecule has 4 rings (SSSR count). The maximum atomic E-state index is 12.7. The second kappa shape index (κ2) is 6.87. The summed E-state index contributed by atoms with van der Waals surface area (Å²) in [5.41, 5.74) is 0.567. The second-order valence-corrected chi connectivity index (χ2v) is 6.67. The molecule has 2 aliphatic rings. The summed E-state index contributed by atoms with van der Waals surface area (Å²) in [6.45, 7) is 2.77. The lowest BCUT2D eigenvalue weighted by Gasteiger charge is -2.47. The van der Waals surface area contributed by atoms with Crippen molar-refractivity contribution in [1.82, 2.24) is 19.9 Å². The van der Waals surface area contributed by atoms with Gasteiger partial charge in [-0.15, -0.1) is 0 Å². The summed E-state index contributed by atoms with van der Waals surface area (Å²) >= 11 is 0. The number of carbonyl (C=O) groups excluding carboxylic acids is 2. The summed E-state index contributed by atoms with van der Waals surface area (Å²) in [7, 11) is 0. The Morgan fingerprint density at radius 2 is 1.77 bits per heavy atom. The lowest BCUT2D eigenvalue weighted by atomic mass is 9.89. The Labute approximate surface area is 150 Å². The molecule has 8 nitrogen and oxygen atoms in total. The molecule has 0 bridgehead atoms. The van der Waals surface area contributed by atoms with Crippen molar-refractivity contribution in [3.63, 3.8) is 0 Å². The minimum Gasteiger partial charge on any atom is -0.371 e. The normalized spacial score (nSPS) is 19.5. The summed E-state index contributed by atoms with van der Waals surface area (Å²) in [6, 6.07) is 5.02. The Bertz CT molecular complexity index is 770. The van der Waals surface area contributed by atoms with Crippen LogP contribution in [0.2, 0.25) is 0 Å². The Morgan fingerprint density at radius 1 is 1.00 bits per heavy atom. The molecule has 0 N–H and O–H groups in total. The molecule has 2 saturated heterocycles. The maximum Gasteiger partial charge on any atom is 0.276 e. The molecule has 0 unspecified atom stereocenters. The van der Waals surface area contributed by atoms with Gasteiger partial charge in [-0.3, -0.25) is 14.6 Å². The van der Waals surface area contributed by atoms with Crippen LogP contribution in [0.15, 0.2) is 41.4 Å². The van der Waals surface area contributed by atoms with E-state index < -0.39 is 0 Å². The third kappa shape index (κ3) is 3.20. The van der Waals surface area contributed by atoms with Crippen molar-refractivity contribution in [2.24, 2.45) is 0 Å². The van der Waals surface area contributed by atoms with Gasteiger partial charge in [-0.1, -0.05) is 5.16 Å². The standard InChI is InChI=1S/C18H20N4O4/c23-16(14-1-6-19-7-2-14)22-10-12-25-18(13-22)4-8-21(9-5-18)17(24)15-3-11-26-20-15/h1-3,6-7,11H,4-5,8-10,12-13H2. The van der Waals surface area contributed by atoms with Crippen molar-refractivity contribution >= 4 is 11.8 Å². The van der Waals surface area contributed by atoms with Crippen LogP contribution in [0.4, 0.5) is 0 Å². The summed E-state index contributed by atoms with van der Waals surface area (Å²) in [5, 5.41) is 3.71. The molecule has 4 heterocycles. The number of morpholine rings is 1. The number of ether oxygens (including phenoxy) is 1. The number of nitrogens with zero attached hydrogens (tertiary/aromatic N) is 4. The predicted molar refractivity (Wildman–Crippen MR) is 90.5 cm³/mol. The van der Waals surface area contributed by atoms with E-state index in [1.807, 2.05) is 4.90 Å². The number of amides is 2. The van der Waals surface area contributed by atoms with Crippen molar-refractivity contribution in [2.75, 3.05) is 32.8 Å². The number of piperidine rings is 1. The molecule has 0 radical (unpaired) electrons. The fourth-order valence-corrected chi connectivity index (χ4v) is 3.60. The van der Waals surface area contributed by atoms with Gasteiger partial charge in [0.25, 0.3) is 11.8 Å². The van der Waals surface area contributed by atoms with Crippen LogP contribution in [0.5, 0.6) is 0 Å². The molecule has 0 aromatic carbocycles. The average molecular weight is 356 g/mol. The van der Waals surface area contributed by atoms with Crippen LogP contribution in [-0.4, -0.2) is 70.1 Å². The van der Waals surface area contributed by atoms with Crippen molar-refractivity contribution in [3.8, 4) is 0 Å². The Balaban J connectivity index is 1.40. The van der Waals surface area contributed by atoms with Crippen LogP contribution in [-0.2, 0) is 4.74 Å². The first-order valence-corrected chi connectivity index (χ1v) is 8.70. The van der Waals surface area contributed by atoms with Crippen molar-refractivity contribution in [2.45, 2.75) is 18.4 Å². The average Bonchev–Trinajstić information content (AvgIpc) is 3.23. The third-order valence-electron chi connectivity index (χ3n) is 5.08. The molecule has 0 atom stereocenters. The number of rotatable bonds is 2. The highest BCUT2D eigenvalue weighted by Crippen LogP contribution is 2.31. The number of hydrogen-bond acceptors (Lipinski definition) is 6. The number of hydrogen-bond donors (Lipinski definition) is 0. The van der Waals surface area contributed by atoms with Gasteiger partial charge >= 0.3 is 0 Å². The molecule has 0 saturated carbocycles. The van der Waals surface area contributed by atoms with Crippen LogP contribution in [0.1, 0.15) is 33.7 Å². The zero-order valence-corrected chi connectivity index (χ0v) is 14.3. The molecular weight excluding hydrogens is 336 g/mol. The fourth-order valence-electron chi connectivity index (χ4n) is 3.60. The van der Waals surface area contributed by atoms with E-state index in [9.17, 15) is 9.59 Å². The lowest BCUT2D eigenvalue weighted by molar-refractivity contribution is -0.123. The molecule has 2 aromatic heterocycles. The summed E-state index contributed by atoms with van der Waals surface area (Å²) in [5.74, 6) is -0.134. The summed E-state index contributed by atoms with van der Waals surface area (Å²) < 4.78 is 10.8. The van der Waals surface area contributed by atoms with E-state index in [1.165, 1.54) is 6.26 Å². The highest BCUT2D eigenvalue weighted by atomic mass is 16.5. The molecule has 8 heteroatoms. The van der Waals surface area contributed by atoms with Crippen LogP contribution >= 0.6 is 0 Å². The van der Waals surface area contributed by atoms with E-state index >= 15 is 0 Å². The van der Waals surface area contributed by atoms with Crippen LogP contribution in [0, 0.1) is 0 Å². The molecule has 1 spiro atoms. The molecule has 0 aliphatic carbocycles. The molecule has 26 heavy (non-hydrogen) atoms. The molecule has 2 fully saturated rings. The van der Waals surface area contributed by atoms with E-state index in [4.69, 9.17) is 9.26 Å².